The predicted molar refractivity (Wildman–Crippen MR) is 89.3 cm³/mol. The van der Waals surface area contributed by atoms with Crippen molar-refractivity contribution in [2.24, 2.45) is 23.7 Å². The van der Waals surface area contributed by atoms with Crippen molar-refractivity contribution in [3.8, 4) is 0 Å². The number of pyridine rings is 1. The Morgan fingerprint density at radius 1 is 1.14 bits per heavy atom. The molecule has 3 aliphatic rings. The van der Waals surface area contributed by atoms with Gasteiger partial charge in [-0.25, -0.2) is 0 Å². The Kier molecular flexibility index (Phi) is 3.50. The SMILES string of the molecule is C=CC1CC2CC[C@H]1C[C@H]2C(O)c1ccnc2ccccc12. The summed E-state index contributed by atoms with van der Waals surface area (Å²) in [7, 11) is 0. The van der Waals surface area contributed by atoms with Gasteiger partial charge in [0.05, 0.1) is 11.6 Å². The lowest BCUT2D eigenvalue weighted by molar-refractivity contribution is -0.0217. The number of rotatable bonds is 3. The summed E-state index contributed by atoms with van der Waals surface area (Å²) >= 11 is 0. The van der Waals surface area contributed by atoms with Gasteiger partial charge in [0.1, 0.15) is 0 Å². The zero-order valence-electron chi connectivity index (χ0n) is 12.9. The van der Waals surface area contributed by atoms with Gasteiger partial charge in [0.15, 0.2) is 0 Å². The fourth-order valence-corrected chi connectivity index (χ4v) is 4.81. The third-order valence-corrected chi connectivity index (χ3v) is 5.98. The van der Waals surface area contributed by atoms with Crippen molar-refractivity contribution >= 4 is 10.9 Å². The van der Waals surface area contributed by atoms with Crippen LogP contribution in [0.3, 0.4) is 0 Å². The van der Waals surface area contributed by atoms with Crippen LogP contribution in [0.4, 0.5) is 0 Å². The Bertz CT molecular complexity index is 690. The molecule has 2 aromatic rings. The van der Waals surface area contributed by atoms with Crippen molar-refractivity contribution in [2.75, 3.05) is 0 Å². The summed E-state index contributed by atoms with van der Waals surface area (Å²) in [6, 6.07) is 10.1. The van der Waals surface area contributed by atoms with Gasteiger partial charge in [-0.2, -0.15) is 0 Å². The topological polar surface area (TPSA) is 33.1 Å². The summed E-state index contributed by atoms with van der Waals surface area (Å²) in [4.78, 5) is 4.42. The molecule has 5 rings (SSSR count). The van der Waals surface area contributed by atoms with Gasteiger partial charge in [0, 0.05) is 11.6 Å². The van der Waals surface area contributed by atoms with Gasteiger partial charge < -0.3 is 5.11 Å². The first-order valence-electron chi connectivity index (χ1n) is 8.42. The number of para-hydroxylation sites is 1. The van der Waals surface area contributed by atoms with E-state index in [1.54, 1.807) is 0 Å². The molecule has 2 bridgehead atoms. The Morgan fingerprint density at radius 2 is 1.95 bits per heavy atom. The third-order valence-electron chi connectivity index (χ3n) is 5.98. The molecule has 0 spiro atoms. The highest BCUT2D eigenvalue weighted by Gasteiger charge is 2.43. The lowest BCUT2D eigenvalue weighted by Gasteiger charge is -2.48. The van der Waals surface area contributed by atoms with Crippen molar-refractivity contribution in [3.63, 3.8) is 0 Å². The van der Waals surface area contributed by atoms with E-state index < -0.39 is 0 Å². The molecule has 0 amide bonds. The van der Waals surface area contributed by atoms with Crippen LogP contribution in [-0.4, -0.2) is 10.1 Å². The molecule has 1 heterocycles. The number of hydrogen-bond acceptors (Lipinski definition) is 2. The molecule has 0 radical (unpaired) electrons. The second-order valence-electron chi connectivity index (χ2n) is 6.99. The van der Waals surface area contributed by atoms with Crippen molar-refractivity contribution < 1.29 is 5.11 Å². The minimum atomic E-state index is -0.369. The zero-order chi connectivity index (χ0) is 15.1. The molecule has 2 heteroatoms. The minimum absolute atomic E-state index is 0.369. The molecular formula is C20H23NO. The number of aromatic nitrogens is 1. The van der Waals surface area contributed by atoms with Gasteiger partial charge in [0.25, 0.3) is 0 Å². The number of fused-ring (bicyclic) bond motifs is 4. The molecule has 3 aliphatic carbocycles. The van der Waals surface area contributed by atoms with Gasteiger partial charge in [-0.05, 0) is 67.1 Å². The summed E-state index contributed by atoms with van der Waals surface area (Å²) in [5, 5.41) is 12.2. The van der Waals surface area contributed by atoms with E-state index >= 15 is 0 Å². The molecule has 1 aromatic heterocycles. The lowest BCUT2D eigenvalue weighted by atomic mass is 9.58. The number of benzene rings is 1. The molecule has 3 fully saturated rings. The average Bonchev–Trinajstić information content (AvgIpc) is 2.60. The molecule has 1 aromatic carbocycles. The number of aliphatic hydroxyl groups excluding tert-OH is 1. The fraction of sp³-hybridized carbons (Fsp3) is 0.450. The van der Waals surface area contributed by atoms with Crippen LogP contribution in [0.15, 0.2) is 49.2 Å². The molecule has 0 saturated heterocycles. The van der Waals surface area contributed by atoms with Crippen molar-refractivity contribution in [1.29, 1.82) is 0 Å². The Balaban J connectivity index is 1.67. The van der Waals surface area contributed by atoms with E-state index in [9.17, 15) is 5.11 Å². The van der Waals surface area contributed by atoms with Gasteiger partial charge >= 0.3 is 0 Å². The van der Waals surface area contributed by atoms with E-state index in [0.29, 0.717) is 17.8 Å². The molecule has 3 unspecified atom stereocenters. The molecule has 1 N–H and O–H groups in total. The molecule has 0 aliphatic heterocycles. The first-order valence-corrected chi connectivity index (χ1v) is 8.42. The third kappa shape index (κ3) is 2.17. The van der Waals surface area contributed by atoms with Crippen LogP contribution in [0.5, 0.6) is 0 Å². The Labute approximate surface area is 131 Å². The van der Waals surface area contributed by atoms with Crippen LogP contribution < -0.4 is 0 Å². The fourth-order valence-electron chi connectivity index (χ4n) is 4.81. The Hall–Kier alpha value is -1.67. The molecule has 22 heavy (non-hydrogen) atoms. The van der Waals surface area contributed by atoms with E-state index in [1.165, 1.54) is 19.3 Å². The highest BCUT2D eigenvalue weighted by Crippen LogP contribution is 2.52. The van der Waals surface area contributed by atoms with Crippen molar-refractivity contribution in [3.05, 3.63) is 54.7 Å². The van der Waals surface area contributed by atoms with Crippen LogP contribution in [0.1, 0.15) is 37.4 Å². The number of nitrogens with zero attached hydrogens (tertiary/aromatic N) is 1. The van der Waals surface area contributed by atoms with Crippen LogP contribution in [0.2, 0.25) is 0 Å². The van der Waals surface area contributed by atoms with Crippen LogP contribution >= 0.6 is 0 Å². The second-order valence-corrected chi connectivity index (χ2v) is 6.99. The predicted octanol–water partition coefficient (Wildman–Crippen LogP) is 4.51. The first-order chi connectivity index (χ1) is 10.8. The second kappa shape index (κ2) is 5.51. The van der Waals surface area contributed by atoms with Gasteiger partial charge in [-0.3, -0.25) is 4.98 Å². The number of allylic oxidation sites excluding steroid dienone is 1. The maximum Gasteiger partial charge on any atom is 0.0828 e. The van der Waals surface area contributed by atoms with Crippen molar-refractivity contribution in [2.45, 2.75) is 31.8 Å². The summed E-state index contributed by atoms with van der Waals surface area (Å²) in [6.45, 7) is 4.00. The van der Waals surface area contributed by atoms with Crippen LogP contribution in [0, 0.1) is 23.7 Å². The maximum absolute atomic E-state index is 11.1. The maximum atomic E-state index is 11.1. The highest BCUT2D eigenvalue weighted by molar-refractivity contribution is 5.82. The smallest absolute Gasteiger partial charge is 0.0828 e. The van der Waals surface area contributed by atoms with E-state index in [4.69, 9.17) is 0 Å². The van der Waals surface area contributed by atoms with E-state index in [-0.39, 0.29) is 6.10 Å². The van der Waals surface area contributed by atoms with Crippen LogP contribution in [0.25, 0.3) is 10.9 Å². The number of aliphatic hydroxyl groups is 1. The number of hydrogen-bond donors (Lipinski definition) is 1. The van der Waals surface area contributed by atoms with E-state index in [0.717, 1.165) is 28.8 Å². The molecule has 114 valence electrons. The molecule has 5 atom stereocenters. The normalized spacial score (nSPS) is 32.0. The van der Waals surface area contributed by atoms with Gasteiger partial charge in [-0.1, -0.05) is 24.3 Å². The standard InChI is InChI=1S/C20H23NO/c1-2-13-11-15-8-7-14(13)12-18(15)20(22)17-9-10-21-19-6-4-3-5-16(17)19/h2-6,9-10,13-15,18,20,22H,1,7-8,11-12H2/t13?,14-,15?,18+,20?/m0/s1. The van der Waals surface area contributed by atoms with Gasteiger partial charge in [0.2, 0.25) is 0 Å². The lowest BCUT2D eigenvalue weighted by Crippen LogP contribution is -2.39. The minimum Gasteiger partial charge on any atom is -0.388 e. The van der Waals surface area contributed by atoms with Gasteiger partial charge in [-0.15, -0.1) is 6.58 Å². The largest absolute Gasteiger partial charge is 0.388 e. The summed E-state index contributed by atoms with van der Waals surface area (Å²) in [6.07, 6.45) is 8.52. The summed E-state index contributed by atoms with van der Waals surface area (Å²) in [5.41, 5.74) is 2.03. The van der Waals surface area contributed by atoms with Crippen molar-refractivity contribution in [1.82, 2.24) is 4.98 Å². The monoisotopic (exact) mass is 293 g/mol. The highest BCUT2D eigenvalue weighted by atomic mass is 16.3. The zero-order valence-corrected chi connectivity index (χ0v) is 12.9. The van der Waals surface area contributed by atoms with E-state index in [2.05, 4.69) is 23.7 Å². The quantitative estimate of drug-likeness (QED) is 0.845. The molecular weight excluding hydrogens is 270 g/mol. The Morgan fingerprint density at radius 3 is 2.73 bits per heavy atom. The molecule has 2 nitrogen and oxygen atoms in total. The molecule has 3 saturated carbocycles. The van der Waals surface area contributed by atoms with E-state index in [1.807, 2.05) is 30.5 Å². The van der Waals surface area contributed by atoms with Crippen LogP contribution in [-0.2, 0) is 0 Å². The summed E-state index contributed by atoms with van der Waals surface area (Å²) in [5.74, 6) is 2.40. The first kappa shape index (κ1) is 14.0. The summed E-state index contributed by atoms with van der Waals surface area (Å²) < 4.78 is 0. The average molecular weight is 293 g/mol.